The van der Waals surface area contributed by atoms with E-state index in [0.29, 0.717) is 28.6 Å². The molecule has 1 atom stereocenters. The van der Waals surface area contributed by atoms with Crippen LogP contribution in [0, 0.1) is 0 Å². The predicted octanol–water partition coefficient (Wildman–Crippen LogP) is 3.12. The lowest BCUT2D eigenvalue weighted by molar-refractivity contribution is 0.0841. The Bertz CT molecular complexity index is 783. The van der Waals surface area contributed by atoms with E-state index in [1.54, 1.807) is 32.4 Å². The standard InChI is InChI=1S/C18H18O6/c1-21-11-4-5-12(14(8-11)22-2)15-9-13(20)18-16(23-3)6-10(19)7-17(18)24-15/h4-8,15,19H,9H2,1-3H3/t15-/m1/s1. The lowest BCUT2D eigenvalue weighted by Gasteiger charge is -2.27. The van der Waals surface area contributed by atoms with Crippen LogP contribution < -0.4 is 18.9 Å². The molecule has 1 heterocycles. The fraction of sp³-hybridized carbons (Fsp3) is 0.278. The highest BCUT2D eigenvalue weighted by Gasteiger charge is 2.32. The van der Waals surface area contributed by atoms with E-state index in [1.165, 1.54) is 19.2 Å². The number of carbonyl (C=O) groups is 1. The first-order valence-electron chi connectivity index (χ1n) is 7.40. The van der Waals surface area contributed by atoms with Crippen molar-refractivity contribution >= 4 is 5.78 Å². The van der Waals surface area contributed by atoms with Crippen molar-refractivity contribution in [3.05, 3.63) is 41.5 Å². The van der Waals surface area contributed by atoms with Crippen LogP contribution in [0.15, 0.2) is 30.3 Å². The molecular weight excluding hydrogens is 312 g/mol. The van der Waals surface area contributed by atoms with Crippen LogP contribution >= 0.6 is 0 Å². The van der Waals surface area contributed by atoms with Gasteiger partial charge in [-0.15, -0.1) is 0 Å². The van der Waals surface area contributed by atoms with Gasteiger partial charge in [0.25, 0.3) is 0 Å². The van der Waals surface area contributed by atoms with E-state index >= 15 is 0 Å². The summed E-state index contributed by atoms with van der Waals surface area (Å²) in [4.78, 5) is 12.6. The van der Waals surface area contributed by atoms with Gasteiger partial charge in [0.05, 0.1) is 27.8 Å². The first kappa shape index (κ1) is 16.0. The summed E-state index contributed by atoms with van der Waals surface area (Å²) in [6.45, 7) is 0. The number of ether oxygens (including phenoxy) is 4. The third kappa shape index (κ3) is 2.71. The largest absolute Gasteiger partial charge is 0.508 e. The number of hydrogen-bond acceptors (Lipinski definition) is 6. The molecule has 6 nitrogen and oxygen atoms in total. The van der Waals surface area contributed by atoms with E-state index < -0.39 is 6.10 Å². The Morgan fingerprint density at radius 1 is 1.04 bits per heavy atom. The van der Waals surface area contributed by atoms with Gasteiger partial charge >= 0.3 is 0 Å². The number of fused-ring (bicyclic) bond motifs is 1. The van der Waals surface area contributed by atoms with Crippen LogP contribution in [0.1, 0.15) is 28.4 Å². The van der Waals surface area contributed by atoms with E-state index in [2.05, 4.69) is 0 Å². The number of methoxy groups -OCH3 is 3. The minimum atomic E-state index is -0.516. The SMILES string of the molecule is COc1ccc([C@H]2CC(=O)c3c(OC)cc(O)cc3O2)c(OC)c1. The number of carbonyl (C=O) groups excluding carboxylic acids is 1. The minimum Gasteiger partial charge on any atom is -0.508 e. The van der Waals surface area contributed by atoms with E-state index in [9.17, 15) is 9.90 Å². The van der Waals surface area contributed by atoms with Gasteiger partial charge in [-0.25, -0.2) is 0 Å². The van der Waals surface area contributed by atoms with Gasteiger partial charge < -0.3 is 24.1 Å². The topological polar surface area (TPSA) is 74.2 Å². The van der Waals surface area contributed by atoms with Crippen LogP contribution in [-0.2, 0) is 0 Å². The molecule has 1 aliphatic rings. The maximum Gasteiger partial charge on any atom is 0.174 e. The van der Waals surface area contributed by atoms with Crippen molar-refractivity contribution < 1.29 is 28.8 Å². The number of benzene rings is 2. The number of phenolic OH excluding ortho intramolecular Hbond substituents is 1. The number of rotatable bonds is 4. The third-order valence-corrected chi connectivity index (χ3v) is 3.98. The lowest BCUT2D eigenvalue weighted by Crippen LogP contribution is -2.21. The van der Waals surface area contributed by atoms with Crippen molar-refractivity contribution in [2.45, 2.75) is 12.5 Å². The van der Waals surface area contributed by atoms with Gasteiger partial charge in [0.1, 0.15) is 40.4 Å². The fourth-order valence-corrected chi connectivity index (χ4v) is 2.83. The Morgan fingerprint density at radius 2 is 1.79 bits per heavy atom. The Labute approximate surface area is 139 Å². The molecule has 6 heteroatoms. The van der Waals surface area contributed by atoms with Gasteiger partial charge in [0, 0.05) is 23.8 Å². The van der Waals surface area contributed by atoms with Crippen molar-refractivity contribution in [2.24, 2.45) is 0 Å². The Kier molecular flexibility index (Phi) is 4.20. The van der Waals surface area contributed by atoms with Crippen molar-refractivity contribution in [1.82, 2.24) is 0 Å². The van der Waals surface area contributed by atoms with Crippen molar-refractivity contribution in [3.63, 3.8) is 0 Å². The second-order valence-corrected chi connectivity index (χ2v) is 5.36. The highest BCUT2D eigenvalue weighted by molar-refractivity contribution is 6.02. The zero-order chi connectivity index (χ0) is 17.3. The number of phenols is 1. The molecule has 0 amide bonds. The zero-order valence-electron chi connectivity index (χ0n) is 13.7. The number of aromatic hydroxyl groups is 1. The van der Waals surface area contributed by atoms with Crippen LogP contribution in [0.5, 0.6) is 28.7 Å². The summed E-state index contributed by atoms with van der Waals surface area (Å²) in [5.74, 6) is 1.68. The van der Waals surface area contributed by atoms with Gasteiger partial charge in [0.2, 0.25) is 0 Å². The summed E-state index contributed by atoms with van der Waals surface area (Å²) in [5, 5.41) is 9.80. The van der Waals surface area contributed by atoms with Gasteiger partial charge in [-0.3, -0.25) is 4.79 Å². The Morgan fingerprint density at radius 3 is 2.46 bits per heavy atom. The molecule has 24 heavy (non-hydrogen) atoms. The van der Waals surface area contributed by atoms with Crippen LogP contribution in [-0.4, -0.2) is 32.2 Å². The third-order valence-electron chi connectivity index (χ3n) is 3.98. The normalized spacial score (nSPS) is 16.1. The molecule has 0 bridgehead atoms. The number of ketones is 1. The highest BCUT2D eigenvalue weighted by atomic mass is 16.5. The maximum atomic E-state index is 12.6. The monoisotopic (exact) mass is 330 g/mol. The summed E-state index contributed by atoms with van der Waals surface area (Å²) < 4.78 is 21.7. The minimum absolute atomic E-state index is 0.0271. The quantitative estimate of drug-likeness (QED) is 0.928. The summed E-state index contributed by atoms with van der Waals surface area (Å²) in [7, 11) is 4.56. The van der Waals surface area contributed by atoms with E-state index in [0.717, 1.165) is 5.56 Å². The second-order valence-electron chi connectivity index (χ2n) is 5.36. The molecule has 0 spiro atoms. The predicted molar refractivity (Wildman–Crippen MR) is 86.5 cm³/mol. The Balaban J connectivity index is 2.02. The molecule has 0 radical (unpaired) electrons. The molecule has 2 aromatic rings. The summed E-state index contributed by atoms with van der Waals surface area (Å²) in [6.07, 6.45) is -0.367. The van der Waals surface area contributed by atoms with Crippen molar-refractivity contribution in [3.8, 4) is 28.7 Å². The summed E-state index contributed by atoms with van der Waals surface area (Å²) >= 11 is 0. The van der Waals surface area contributed by atoms with Crippen LogP contribution in [0.2, 0.25) is 0 Å². The number of hydrogen-bond donors (Lipinski definition) is 1. The van der Waals surface area contributed by atoms with E-state index in [1.807, 2.05) is 0 Å². The molecule has 0 aliphatic carbocycles. The molecule has 1 aliphatic heterocycles. The first-order chi connectivity index (χ1) is 11.6. The molecule has 0 saturated heterocycles. The molecule has 2 aromatic carbocycles. The van der Waals surface area contributed by atoms with Crippen molar-refractivity contribution in [1.29, 1.82) is 0 Å². The molecule has 0 aromatic heterocycles. The highest BCUT2D eigenvalue weighted by Crippen LogP contribution is 2.44. The van der Waals surface area contributed by atoms with Crippen LogP contribution in [0.25, 0.3) is 0 Å². The molecule has 0 fully saturated rings. The second kappa shape index (κ2) is 6.31. The van der Waals surface area contributed by atoms with Gasteiger partial charge in [-0.05, 0) is 12.1 Å². The fourth-order valence-electron chi connectivity index (χ4n) is 2.83. The number of Topliss-reactive ketones (excluding diaryl/α,β-unsaturated/α-hetero) is 1. The Hall–Kier alpha value is -2.89. The maximum absolute atomic E-state index is 12.6. The molecule has 0 saturated carbocycles. The molecule has 1 N–H and O–H groups in total. The summed E-state index contributed by atoms with van der Waals surface area (Å²) in [6, 6.07) is 8.14. The van der Waals surface area contributed by atoms with Crippen LogP contribution in [0.4, 0.5) is 0 Å². The first-order valence-corrected chi connectivity index (χ1v) is 7.40. The van der Waals surface area contributed by atoms with Crippen molar-refractivity contribution in [2.75, 3.05) is 21.3 Å². The van der Waals surface area contributed by atoms with Gasteiger partial charge in [0.15, 0.2) is 5.78 Å². The zero-order valence-corrected chi connectivity index (χ0v) is 13.7. The smallest absolute Gasteiger partial charge is 0.174 e. The lowest BCUT2D eigenvalue weighted by atomic mass is 9.95. The average molecular weight is 330 g/mol. The molecule has 3 rings (SSSR count). The van der Waals surface area contributed by atoms with Crippen LogP contribution in [0.3, 0.4) is 0 Å². The van der Waals surface area contributed by atoms with E-state index in [4.69, 9.17) is 18.9 Å². The molecule has 126 valence electrons. The van der Waals surface area contributed by atoms with E-state index in [-0.39, 0.29) is 18.0 Å². The molecular formula is C18H18O6. The average Bonchev–Trinajstić information content (AvgIpc) is 2.59. The van der Waals surface area contributed by atoms with Gasteiger partial charge in [-0.2, -0.15) is 0 Å². The summed E-state index contributed by atoms with van der Waals surface area (Å²) in [5.41, 5.74) is 1.08. The molecule has 0 unspecified atom stereocenters. The van der Waals surface area contributed by atoms with Gasteiger partial charge in [-0.1, -0.05) is 0 Å².